The van der Waals surface area contributed by atoms with E-state index in [4.69, 9.17) is 10.6 Å². The monoisotopic (exact) mass is 263 g/mol. The van der Waals surface area contributed by atoms with Crippen molar-refractivity contribution in [1.29, 1.82) is 0 Å². The molecule has 1 aliphatic heterocycles. The molecule has 1 amide bonds. The highest BCUT2D eigenvalue weighted by atomic mass is 16.6. The van der Waals surface area contributed by atoms with Gasteiger partial charge in [-0.2, -0.15) is 0 Å². The third-order valence-corrected chi connectivity index (χ3v) is 3.68. The number of nitrogens with one attached hydrogen (secondary N) is 1. The van der Waals surface area contributed by atoms with E-state index in [0.717, 1.165) is 6.54 Å². The Balaban J connectivity index is 2.11. The molecule has 1 fully saturated rings. The van der Waals surface area contributed by atoms with Crippen LogP contribution in [0.4, 0.5) is 4.79 Å². The Labute approximate surface area is 113 Å². The summed E-state index contributed by atoms with van der Waals surface area (Å²) in [5.74, 6) is 5.04. The van der Waals surface area contributed by atoms with E-state index < -0.39 is 6.09 Å². The zero-order valence-corrected chi connectivity index (χ0v) is 11.2. The van der Waals surface area contributed by atoms with Crippen molar-refractivity contribution >= 4 is 6.09 Å². The van der Waals surface area contributed by atoms with Gasteiger partial charge in [0.2, 0.25) is 0 Å². The van der Waals surface area contributed by atoms with Crippen LogP contribution in [0.5, 0.6) is 0 Å². The van der Waals surface area contributed by atoms with E-state index in [1.165, 1.54) is 18.4 Å². The van der Waals surface area contributed by atoms with Crippen molar-refractivity contribution in [3.05, 3.63) is 35.9 Å². The third kappa shape index (κ3) is 3.45. The Morgan fingerprint density at radius 2 is 2.26 bits per heavy atom. The summed E-state index contributed by atoms with van der Waals surface area (Å²) >= 11 is 0. The van der Waals surface area contributed by atoms with Crippen LogP contribution in [-0.2, 0) is 4.74 Å². The van der Waals surface area contributed by atoms with Crippen LogP contribution in [0.3, 0.4) is 0 Å². The number of carbonyl (C=O) groups is 1. The molecule has 1 aliphatic rings. The Morgan fingerprint density at radius 1 is 1.53 bits per heavy atom. The lowest BCUT2D eigenvalue weighted by molar-refractivity contribution is 0.0858. The standard InChI is InChI=1S/C14H21N3O2/c1-11-6-5-9-17(11)13(10-19-14(18)16-15)12-7-3-2-4-8-12/h2-4,7-8,11,13H,5-6,9-10,15H2,1H3,(H,16,18)/t11-,13+/m0/s1. The number of nitrogens with two attached hydrogens (primary N) is 1. The molecule has 0 unspecified atom stereocenters. The summed E-state index contributed by atoms with van der Waals surface area (Å²) in [6.45, 7) is 3.57. The molecule has 19 heavy (non-hydrogen) atoms. The fraction of sp³-hybridized carbons (Fsp3) is 0.500. The van der Waals surface area contributed by atoms with Gasteiger partial charge in [0.15, 0.2) is 0 Å². The number of ether oxygens (including phenoxy) is 1. The molecule has 0 radical (unpaired) electrons. The fourth-order valence-corrected chi connectivity index (χ4v) is 2.67. The number of hydrazine groups is 1. The smallest absolute Gasteiger partial charge is 0.421 e. The average molecular weight is 263 g/mol. The molecule has 1 aromatic rings. The first-order valence-electron chi connectivity index (χ1n) is 6.66. The van der Waals surface area contributed by atoms with E-state index in [-0.39, 0.29) is 6.04 Å². The molecule has 5 nitrogen and oxygen atoms in total. The van der Waals surface area contributed by atoms with Gasteiger partial charge >= 0.3 is 6.09 Å². The van der Waals surface area contributed by atoms with Gasteiger partial charge in [0.25, 0.3) is 0 Å². The van der Waals surface area contributed by atoms with Crippen molar-refractivity contribution in [1.82, 2.24) is 10.3 Å². The molecule has 0 bridgehead atoms. The third-order valence-electron chi connectivity index (χ3n) is 3.68. The van der Waals surface area contributed by atoms with Gasteiger partial charge in [-0.3, -0.25) is 10.3 Å². The maximum absolute atomic E-state index is 11.2. The van der Waals surface area contributed by atoms with Crippen LogP contribution < -0.4 is 11.3 Å². The summed E-state index contributed by atoms with van der Waals surface area (Å²) in [6, 6.07) is 10.7. The summed E-state index contributed by atoms with van der Waals surface area (Å²) in [4.78, 5) is 13.6. The SMILES string of the molecule is C[C@H]1CCCN1[C@H](COC(=O)NN)c1ccccc1. The van der Waals surface area contributed by atoms with Crippen LogP contribution in [0.25, 0.3) is 0 Å². The van der Waals surface area contributed by atoms with E-state index in [0.29, 0.717) is 12.6 Å². The zero-order chi connectivity index (χ0) is 13.7. The highest BCUT2D eigenvalue weighted by Crippen LogP contribution is 2.29. The summed E-state index contributed by atoms with van der Waals surface area (Å²) in [5.41, 5.74) is 3.16. The maximum atomic E-state index is 11.2. The quantitative estimate of drug-likeness (QED) is 0.494. The number of hydrogen-bond donors (Lipinski definition) is 2. The highest BCUT2D eigenvalue weighted by Gasteiger charge is 2.29. The van der Waals surface area contributed by atoms with E-state index in [2.05, 4.69) is 24.0 Å². The predicted octanol–water partition coefficient (Wildman–Crippen LogP) is 1.81. The molecule has 0 saturated carbocycles. The molecule has 0 aliphatic carbocycles. The van der Waals surface area contributed by atoms with Gasteiger partial charge in [-0.25, -0.2) is 10.6 Å². The van der Waals surface area contributed by atoms with E-state index in [1.807, 2.05) is 23.6 Å². The number of rotatable bonds is 4. The molecular weight excluding hydrogens is 242 g/mol. The van der Waals surface area contributed by atoms with Crippen molar-refractivity contribution in [2.45, 2.75) is 31.8 Å². The molecule has 1 saturated heterocycles. The van der Waals surface area contributed by atoms with Gasteiger partial charge in [0.1, 0.15) is 6.61 Å². The Hall–Kier alpha value is -1.59. The summed E-state index contributed by atoms with van der Waals surface area (Å²) in [5, 5.41) is 0. The van der Waals surface area contributed by atoms with Gasteiger partial charge in [-0.1, -0.05) is 30.3 Å². The molecule has 1 aromatic carbocycles. The topological polar surface area (TPSA) is 67.6 Å². The van der Waals surface area contributed by atoms with E-state index in [1.54, 1.807) is 0 Å². The number of amides is 1. The van der Waals surface area contributed by atoms with Crippen LogP contribution in [-0.4, -0.2) is 30.2 Å². The number of carbonyl (C=O) groups excluding carboxylic acids is 1. The molecule has 5 heteroatoms. The molecule has 3 N–H and O–H groups in total. The molecule has 2 atom stereocenters. The summed E-state index contributed by atoms with van der Waals surface area (Å²) in [6.07, 6.45) is 1.78. The van der Waals surface area contributed by atoms with E-state index >= 15 is 0 Å². The second-order valence-electron chi connectivity index (χ2n) is 4.90. The van der Waals surface area contributed by atoms with Crippen molar-refractivity contribution in [3.8, 4) is 0 Å². The lowest BCUT2D eigenvalue weighted by Gasteiger charge is -2.31. The van der Waals surface area contributed by atoms with Gasteiger partial charge in [0.05, 0.1) is 6.04 Å². The van der Waals surface area contributed by atoms with Gasteiger partial charge < -0.3 is 4.74 Å². The average Bonchev–Trinajstić information content (AvgIpc) is 2.86. The zero-order valence-electron chi connectivity index (χ0n) is 11.2. The summed E-state index contributed by atoms with van der Waals surface area (Å²) < 4.78 is 5.15. The lowest BCUT2D eigenvalue weighted by atomic mass is 10.1. The maximum Gasteiger partial charge on any atom is 0.421 e. The normalized spacial score (nSPS) is 21.1. The molecule has 0 spiro atoms. The molecule has 104 valence electrons. The predicted molar refractivity (Wildman–Crippen MR) is 73.3 cm³/mol. The first-order chi connectivity index (χ1) is 9.22. The Kier molecular flexibility index (Phi) is 4.76. The van der Waals surface area contributed by atoms with Gasteiger partial charge in [-0.15, -0.1) is 0 Å². The van der Waals surface area contributed by atoms with Crippen LogP contribution in [0.2, 0.25) is 0 Å². The van der Waals surface area contributed by atoms with Crippen LogP contribution in [0.1, 0.15) is 31.4 Å². The van der Waals surface area contributed by atoms with Crippen molar-refractivity contribution in [2.75, 3.05) is 13.2 Å². The summed E-state index contributed by atoms with van der Waals surface area (Å²) in [7, 11) is 0. The number of nitrogens with zero attached hydrogens (tertiary/aromatic N) is 1. The van der Waals surface area contributed by atoms with Crippen molar-refractivity contribution in [2.24, 2.45) is 5.84 Å². The van der Waals surface area contributed by atoms with Crippen LogP contribution in [0.15, 0.2) is 30.3 Å². The molecule has 0 aromatic heterocycles. The van der Waals surface area contributed by atoms with Crippen LogP contribution in [0, 0.1) is 0 Å². The first-order valence-corrected chi connectivity index (χ1v) is 6.66. The molecule has 1 heterocycles. The first kappa shape index (κ1) is 13.8. The fourth-order valence-electron chi connectivity index (χ4n) is 2.67. The molecule has 2 rings (SSSR count). The minimum Gasteiger partial charge on any atom is -0.447 e. The van der Waals surface area contributed by atoms with Gasteiger partial charge in [-0.05, 0) is 31.9 Å². The minimum atomic E-state index is -0.590. The van der Waals surface area contributed by atoms with Gasteiger partial charge in [0, 0.05) is 6.04 Å². The second-order valence-corrected chi connectivity index (χ2v) is 4.90. The minimum absolute atomic E-state index is 0.0935. The Bertz CT molecular complexity index is 410. The van der Waals surface area contributed by atoms with E-state index in [9.17, 15) is 4.79 Å². The van der Waals surface area contributed by atoms with Crippen LogP contribution >= 0.6 is 0 Å². The largest absolute Gasteiger partial charge is 0.447 e. The molecular formula is C14H21N3O2. The highest BCUT2D eigenvalue weighted by molar-refractivity contribution is 5.66. The van der Waals surface area contributed by atoms with Crippen molar-refractivity contribution < 1.29 is 9.53 Å². The second kappa shape index (κ2) is 6.54. The Morgan fingerprint density at radius 3 is 2.84 bits per heavy atom. The lowest BCUT2D eigenvalue weighted by Crippen LogP contribution is -2.37. The number of likely N-dealkylation sites (tertiary alicyclic amines) is 1. The number of benzene rings is 1. The van der Waals surface area contributed by atoms with Crippen molar-refractivity contribution in [3.63, 3.8) is 0 Å². The number of hydrogen-bond acceptors (Lipinski definition) is 4.